The van der Waals surface area contributed by atoms with Gasteiger partial charge in [0.25, 0.3) is 5.91 Å². The highest BCUT2D eigenvalue weighted by Crippen LogP contribution is 2.26. The number of hydrogen-bond acceptors (Lipinski definition) is 5. The second-order valence-electron chi connectivity index (χ2n) is 4.97. The summed E-state index contributed by atoms with van der Waals surface area (Å²) in [5.41, 5.74) is 3.25. The largest absolute Gasteiger partial charge is 0.504 e. The van der Waals surface area contributed by atoms with E-state index in [0.717, 1.165) is 10.5 Å². The Labute approximate surface area is 145 Å². The molecule has 0 spiro atoms. The van der Waals surface area contributed by atoms with Gasteiger partial charge in [0.1, 0.15) is 0 Å². The average Bonchev–Trinajstić information content (AvgIpc) is 2.58. The van der Waals surface area contributed by atoms with Crippen LogP contribution < -0.4 is 10.2 Å². The van der Waals surface area contributed by atoms with Crippen molar-refractivity contribution >= 4 is 23.9 Å². The first-order chi connectivity index (χ1) is 11.6. The summed E-state index contributed by atoms with van der Waals surface area (Å²) < 4.78 is 5.31. The van der Waals surface area contributed by atoms with E-state index in [9.17, 15) is 9.90 Å². The van der Waals surface area contributed by atoms with Gasteiger partial charge in [-0.3, -0.25) is 4.79 Å². The van der Waals surface area contributed by atoms with Gasteiger partial charge in [-0.05, 0) is 49.7 Å². The van der Waals surface area contributed by atoms with Crippen molar-refractivity contribution in [1.29, 1.82) is 0 Å². The zero-order valence-corrected chi connectivity index (χ0v) is 14.4. The Hall–Kier alpha value is -2.47. The number of phenols is 1. The Bertz CT molecular complexity index is 705. The van der Waals surface area contributed by atoms with E-state index in [1.807, 2.05) is 44.2 Å². The van der Waals surface area contributed by atoms with Crippen LogP contribution >= 0.6 is 11.8 Å². The predicted octanol–water partition coefficient (Wildman–Crippen LogP) is 3.42. The van der Waals surface area contributed by atoms with Gasteiger partial charge in [0.05, 0.1) is 18.1 Å². The summed E-state index contributed by atoms with van der Waals surface area (Å²) in [6, 6.07) is 14.6. The highest BCUT2D eigenvalue weighted by Gasteiger charge is 2.13. The quantitative estimate of drug-likeness (QED) is 0.459. The Morgan fingerprint density at radius 3 is 2.79 bits per heavy atom. The summed E-state index contributed by atoms with van der Waals surface area (Å²) in [6.45, 7) is 4.13. The van der Waals surface area contributed by atoms with Crippen LogP contribution in [0.2, 0.25) is 0 Å². The van der Waals surface area contributed by atoms with Crippen molar-refractivity contribution in [3.05, 3.63) is 54.1 Å². The third kappa shape index (κ3) is 5.31. The van der Waals surface area contributed by atoms with Gasteiger partial charge in [-0.25, -0.2) is 5.43 Å². The monoisotopic (exact) mass is 344 g/mol. The van der Waals surface area contributed by atoms with Crippen LogP contribution in [0.15, 0.2) is 58.5 Å². The van der Waals surface area contributed by atoms with Crippen LogP contribution in [-0.4, -0.2) is 29.1 Å². The number of nitrogens with zero attached hydrogens (tertiary/aromatic N) is 1. The summed E-state index contributed by atoms with van der Waals surface area (Å²) in [7, 11) is 0. The van der Waals surface area contributed by atoms with Gasteiger partial charge >= 0.3 is 0 Å². The number of amides is 1. The van der Waals surface area contributed by atoms with E-state index >= 15 is 0 Å². The lowest BCUT2D eigenvalue weighted by Gasteiger charge is -2.09. The second kappa shape index (κ2) is 8.98. The molecule has 0 aliphatic carbocycles. The normalized spacial score (nSPS) is 12.1. The molecule has 0 saturated heterocycles. The Morgan fingerprint density at radius 1 is 1.33 bits per heavy atom. The number of nitrogens with one attached hydrogen (secondary N) is 1. The van der Waals surface area contributed by atoms with Crippen LogP contribution in [0.1, 0.15) is 19.4 Å². The van der Waals surface area contributed by atoms with E-state index in [1.54, 1.807) is 12.1 Å². The molecule has 0 radical (unpaired) electrons. The first-order valence-electron chi connectivity index (χ1n) is 7.60. The fraction of sp³-hybridized carbons (Fsp3) is 0.222. The van der Waals surface area contributed by atoms with Gasteiger partial charge in [-0.15, -0.1) is 11.8 Å². The molecule has 6 heteroatoms. The van der Waals surface area contributed by atoms with Crippen molar-refractivity contribution in [1.82, 2.24) is 5.43 Å². The molecule has 0 unspecified atom stereocenters. The van der Waals surface area contributed by atoms with Gasteiger partial charge in [0.2, 0.25) is 0 Å². The number of thioether (sulfide) groups is 1. The maximum Gasteiger partial charge on any atom is 0.253 e. The van der Waals surface area contributed by atoms with Gasteiger partial charge in [-0.2, -0.15) is 5.10 Å². The number of carbonyl (C=O) groups is 1. The number of aromatic hydroxyl groups is 1. The predicted molar refractivity (Wildman–Crippen MR) is 96.8 cm³/mol. The molecule has 2 N–H and O–H groups in total. The highest BCUT2D eigenvalue weighted by atomic mass is 32.2. The minimum atomic E-state index is -0.261. The molecule has 0 aromatic heterocycles. The molecule has 0 aliphatic heterocycles. The van der Waals surface area contributed by atoms with Crippen LogP contribution in [0.5, 0.6) is 11.5 Å². The fourth-order valence-corrected chi connectivity index (χ4v) is 2.78. The van der Waals surface area contributed by atoms with E-state index in [1.165, 1.54) is 24.0 Å². The number of rotatable bonds is 7. The Balaban J connectivity index is 1.91. The van der Waals surface area contributed by atoms with Crippen LogP contribution in [-0.2, 0) is 4.79 Å². The standard InChI is InChI=1S/C18H20N2O3S/c1-3-23-17-11-14(9-10-16(17)21)12-19-20-18(22)13(2)24-15-7-5-4-6-8-15/h4-13,21H,3H2,1-2H3,(H,20,22)/b19-12-/t13-/m0/s1. The number of phenolic OH excluding ortho intramolecular Hbond substituents is 1. The van der Waals surface area contributed by atoms with Crippen molar-refractivity contribution in [2.75, 3.05) is 6.61 Å². The number of hydrazone groups is 1. The smallest absolute Gasteiger partial charge is 0.253 e. The van der Waals surface area contributed by atoms with Gasteiger partial charge in [0, 0.05) is 4.90 Å². The number of hydrogen-bond donors (Lipinski definition) is 2. The lowest BCUT2D eigenvalue weighted by molar-refractivity contribution is -0.120. The molecule has 126 valence electrons. The minimum Gasteiger partial charge on any atom is -0.504 e. The molecule has 0 bridgehead atoms. The van der Waals surface area contributed by atoms with E-state index in [4.69, 9.17) is 4.74 Å². The second-order valence-corrected chi connectivity index (χ2v) is 6.38. The van der Waals surface area contributed by atoms with Crippen molar-refractivity contribution in [2.24, 2.45) is 5.10 Å². The van der Waals surface area contributed by atoms with Gasteiger partial charge < -0.3 is 9.84 Å². The first-order valence-corrected chi connectivity index (χ1v) is 8.48. The summed E-state index contributed by atoms with van der Waals surface area (Å²) in [5.74, 6) is 0.288. The average molecular weight is 344 g/mol. The van der Waals surface area contributed by atoms with E-state index in [-0.39, 0.29) is 16.9 Å². The molecule has 24 heavy (non-hydrogen) atoms. The van der Waals surface area contributed by atoms with Crippen molar-refractivity contribution in [3.8, 4) is 11.5 Å². The van der Waals surface area contributed by atoms with Crippen LogP contribution in [0, 0.1) is 0 Å². The molecule has 1 amide bonds. The molecule has 0 heterocycles. The summed E-state index contributed by atoms with van der Waals surface area (Å²) >= 11 is 1.47. The minimum absolute atomic E-state index is 0.0749. The highest BCUT2D eigenvalue weighted by molar-refractivity contribution is 8.00. The van der Waals surface area contributed by atoms with Crippen LogP contribution in [0.4, 0.5) is 0 Å². The molecule has 2 rings (SSSR count). The SMILES string of the molecule is CCOc1cc(/C=N\NC(=O)[C@H](C)Sc2ccccc2)ccc1O. The molecule has 5 nitrogen and oxygen atoms in total. The maximum atomic E-state index is 12.1. The molecule has 1 atom stereocenters. The van der Waals surface area contributed by atoms with Gasteiger partial charge in [0.15, 0.2) is 11.5 Å². The molecule has 2 aromatic carbocycles. The maximum absolute atomic E-state index is 12.1. The number of carbonyl (C=O) groups excluding carboxylic acids is 1. The Kier molecular flexibility index (Phi) is 6.69. The third-order valence-electron chi connectivity index (χ3n) is 3.10. The Morgan fingerprint density at radius 2 is 2.08 bits per heavy atom. The zero-order valence-electron chi connectivity index (χ0n) is 13.6. The molecule has 0 aliphatic rings. The van der Waals surface area contributed by atoms with Crippen molar-refractivity contribution in [3.63, 3.8) is 0 Å². The van der Waals surface area contributed by atoms with Crippen molar-refractivity contribution in [2.45, 2.75) is 24.0 Å². The fourth-order valence-electron chi connectivity index (χ4n) is 1.90. The molecular formula is C18H20N2O3S. The van der Waals surface area contributed by atoms with E-state index in [0.29, 0.717) is 12.4 Å². The summed E-state index contributed by atoms with van der Waals surface area (Å²) in [4.78, 5) is 13.1. The molecular weight excluding hydrogens is 324 g/mol. The molecule has 0 saturated carbocycles. The molecule has 2 aromatic rings. The van der Waals surface area contributed by atoms with E-state index in [2.05, 4.69) is 10.5 Å². The topological polar surface area (TPSA) is 70.9 Å². The zero-order chi connectivity index (χ0) is 17.4. The lowest BCUT2D eigenvalue weighted by atomic mass is 10.2. The lowest BCUT2D eigenvalue weighted by Crippen LogP contribution is -2.26. The first kappa shape index (κ1) is 17.9. The van der Waals surface area contributed by atoms with Gasteiger partial charge in [-0.1, -0.05) is 18.2 Å². The summed E-state index contributed by atoms with van der Waals surface area (Å²) in [5, 5.41) is 13.3. The number of ether oxygens (including phenoxy) is 1. The summed E-state index contributed by atoms with van der Waals surface area (Å²) in [6.07, 6.45) is 1.51. The van der Waals surface area contributed by atoms with Crippen LogP contribution in [0.25, 0.3) is 0 Å². The van der Waals surface area contributed by atoms with Crippen molar-refractivity contribution < 1.29 is 14.6 Å². The van der Waals surface area contributed by atoms with E-state index < -0.39 is 0 Å². The third-order valence-corrected chi connectivity index (χ3v) is 4.21. The molecule has 0 fully saturated rings. The number of benzene rings is 2. The van der Waals surface area contributed by atoms with Crippen LogP contribution in [0.3, 0.4) is 0 Å².